The number of ether oxygens (including phenoxy) is 1. The summed E-state index contributed by atoms with van der Waals surface area (Å²) in [4.78, 5) is 8.92. The van der Waals surface area contributed by atoms with Crippen molar-refractivity contribution in [2.75, 3.05) is 19.0 Å². The van der Waals surface area contributed by atoms with Crippen molar-refractivity contribution in [3.05, 3.63) is 33.0 Å². The highest BCUT2D eigenvalue weighted by atomic mass is 127. The Hall–Kier alpha value is -1.08. The number of halogens is 2. The summed E-state index contributed by atoms with van der Waals surface area (Å²) in [6, 6.07) is 5.50. The van der Waals surface area contributed by atoms with E-state index in [0.717, 1.165) is 22.4 Å². The molecule has 0 atom stereocenters. The van der Waals surface area contributed by atoms with Crippen molar-refractivity contribution in [1.29, 1.82) is 0 Å². The maximum atomic E-state index is 6.26. The average molecular weight is 404 g/mol. The van der Waals surface area contributed by atoms with Crippen molar-refractivity contribution in [2.45, 2.75) is 13.3 Å². The molecule has 0 spiro atoms. The standard InChI is InChI=1S/C14H15ClIN3O/c1-3-7-17-13-10(16)8-18-14(19-13)12-9(15)5-4-6-11(12)20-2/h4-6,8H,3,7H2,1-2H3,(H,17,18,19). The summed E-state index contributed by atoms with van der Waals surface area (Å²) in [6.45, 7) is 2.98. The molecule has 0 saturated carbocycles. The number of rotatable bonds is 5. The van der Waals surface area contributed by atoms with Crippen LogP contribution in [0.3, 0.4) is 0 Å². The fourth-order valence-corrected chi connectivity index (χ4v) is 2.45. The number of nitrogens with one attached hydrogen (secondary N) is 1. The lowest BCUT2D eigenvalue weighted by Gasteiger charge is -2.11. The van der Waals surface area contributed by atoms with Crippen LogP contribution in [0.25, 0.3) is 11.4 Å². The average Bonchev–Trinajstić information content (AvgIpc) is 2.46. The zero-order valence-electron chi connectivity index (χ0n) is 11.3. The van der Waals surface area contributed by atoms with E-state index < -0.39 is 0 Å². The summed E-state index contributed by atoms with van der Waals surface area (Å²) >= 11 is 8.47. The third-order valence-electron chi connectivity index (χ3n) is 2.71. The molecule has 0 aliphatic carbocycles. The molecule has 0 aliphatic rings. The number of benzene rings is 1. The van der Waals surface area contributed by atoms with Crippen molar-refractivity contribution < 1.29 is 4.74 Å². The summed E-state index contributed by atoms with van der Waals surface area (Å²) in [7, 11) is 1.61. The molecule has 0 bridgehead atoms. The van der Waals surface area contributed by atoms with Gasteiger partial charge in [0.1, 0.15) is 11.6 Å². The summed E-state index contributed by atoms with van der Waals surface area (Å²) in [5.41, 5.74) is 0.715. The lowest BCUT2D eigenvalue weighted by Crippen LogP contribution is -2.06. The van der Waals surface area contributed by atoms with Crippen LogP contribution in [-0.4, -0.2) is 23.6 Å². The molecule has 1 aromatic heterocycles. The van der Waals surface area contributed by atoms with Gasteiger partial charge in [-0.15, -0.1) is 0 Å². The lowest BCUT2D eigenvalue weighted by atomic mass is 10.2. The molecule has 0 saturated heterocycles. The summed E-state index contributed by atoms with van der Waals surface area (Å²) < 4.78 is 6.32. The second-order valence-corrected chi connectivity index (χ2v) is 5.70. The zero-order valence-corrected chi connectivity index (χ0v) is 14.2. The van der Waals surface area contributed by atoms with Crippen LogP contribution in [0.5, 0.6) is 5.75 Å². The van der Waals surface area contributed by atoms with E-state index >= 15 is 0 Å². The van der Waals surface area contributed by atoms with Crippen molar-refractivity contribution in [3.63, 3.8) is 0 Å². The number of methoxy groups -OCH3 is 1. The molecule has 0 fully saturated rings. The molecule has 6 heteroatoms. The molecule has 1 aromatic carbocycles. The lowest BCUT2D eigenvalue weighted by molar-refractivity contribution is 0.416. The van der Waals surface area contributed by atoms with Gasteiger partial charge in [-0.25, -0.2) is 9.97 Å². The fraction of sp³-hybridized carbons (Fsp3) is 0.286. The number of nitrogens with zero attached hydrogens (tertiary/aromatic N) is 2. The van der Waals surface area contributed by atoms with Gasteiger partial charge in [0.05, 0.1) is 21.3 Å². The molecule has 1 heterocycles. The maximum Gasteiger partial charge on any atom is 0.166 e. The first kappa shape index (κ1) is 15.3. The van der Waals surface area contributed by atoms with Gasteiger partial charge in [-0.3, -0.25) is 0 Å². The Bertz CT molecular complexity index is 607. The molecule has 1 N–H and O–H groups in total. The molecule has 0 amide bonds. The summed E-state index contributed by atoms with van der Waals surface area (Å²) in [5.74, 6) is 2.05. The smallest absolute Gasteiger partial charge is 0.166 e. The minimum atomic E-state index is 0.562. The van der Waals surface area contributed by atoms with Gasteiger partial charge in [-0.05, 0) is 41.1 Å². The van der Waals surface area contributed by atoms with Crippen LogP contribution in [0.2, 0.25) is 5.02 Å². The Balaban J connectivity index is 2.48. The molecule has 0 aliphatic heterocycles. The number of anilines is 1. The Morgan fingerprint density at radius 3 is 2.90 bits per heavy atom. The molecule has 4 nitrogen and oxygen atoms in total. The van der Waals surface area contributed by atoms with Crippen LogP contribution in [0.4, 0.5) is 5.82 Å². The van der Waals surface area contributed by atoms with Gasteiger partial charge in [0.25, 0.3) is 0 Å². The highest BCUT2D eigenvalue weighted by molar-refractivity contribution is 14.1. The van der Waals surface area contributed by atoms with Crippen molar-refractivity contribution in [1.82, 2.24) is 9.97 Å². The van der Waals surface area contributed by atoms with Gasteiger partial charge in [0.15, 0.2) is 5.82 Å². The van der Waals surface area contributed by atoms with E-state index in [4.69, 9.17) is 16.3 Å². The van der Waals surface area contributed by atoms with E-state index in [0.29, 0.717) is 22.2 Å². The van der Waals surface area contributed by atoms with Gasteiger partial charge in [-0.1, -0.05) is 24.6 Å². The van der Waals surface area contributed by atoms with Crippen molar-refractivity contribution in [2.24, 2.45) is 0 Å². The minimum Gasteiger partial charge on any atom is -0.496 e. The van der Waals surface area contributed by atoms with E-state index in [1.165, 1.54) is 0 Å². The highest BCUT2D eigenvalue weighted by Gasteiger charge is 2.14. The molecule has 106 valence electrons. The first-order valence-corrected chi connectivity index (χ1v) is 7.72. The largest absolute Gasteiger partial charge is 0.496 e. The van der Waals surface area contributed by atoms with Gasteiger partial charge in [-0.2, -0.15) is 0 Å². The molecule has 0 radical (unpaired) electrons. The SMILES string of the molecule is CCCNc1nc(-c2c(Cl)cccc2OC)ncc1I. The molecule has 2 aromatic rings. The second-order valence-electron chi connectivity index (χ2n) is 4.13. The van der Waals surface area contributed by atoms with Crippen LogP contribution in [0, 0.1) is 3.57 Å². The highest BCUT2D eigenvalue weighted by Crippen LogP contribution is 2.35. The Kier molecular flexibility index (Phi) is 5.42. The zero-order chi connectivity index (χ0) is 14.5. The third kappa shape index (κ3) is 3.32. The van der Waals surface area contributed by atoms with E-state index in [-0.39, 0.29) is 0 Å². The summed E-state index contributed by atoms with van der Waals surface area (Å²) in [5, 5.41) is 3.86. The van der Waals surface area contributed by atoms with Crippen LogP contribution >= 0.6 is 34.2 Å². The minimum absolute atomic E-state index is 0.562. The summed E-state index contributed by atoms with van der Waals surface area (Å²) in [6.07, 6.45) is 2.81. The van der Waals surface area contributed by atoms with Crippen LogP contribution in [0.15, 0.2) is 24.4 Å². The first-order valence-electron chi connectivity index (χ1n) is 6.26. The van der Waals surface area contributed by atoms with Crippen LogP contribution in [0.1, 0.15) is 13.3 Å². The first-order chi connectivity index (χ1) is 9.67. The molecule has 0 unspecified atom stereocenters. The molecule has 20 heavy (non-hydrogen) atoms. The third-order valence-corrected chi connectivity index (χ3v) is 3.81. The molecular formula is C14H15ClIN3O. The Morgan fingerprint density at radius 2 is 2.20 bits per heavy atom. The number of aromatic nitrogens is 2. The van der Waals surface area contributed by atoms with Gasteiger partial charge >= 0.3 is 0 Å². The van der Waals surface area contributed by atoms with Gasteiger partial charge in [0.2, 0.25) is 0 Å². The van der Waals surface area contributed by atoms with Crippen LogP contribution in [-0.2, 0) is 0 Å². The van der Waals surface area contributed by atoms with Crippen molar-refractivity contribution in [3.8, 4) is 17.1 Å². The number of hydrogen-bond acceptors (Lipinski definition) is 4. The molecular weight excluding hydrogens is 389 g/mol. The van der Waals surface area contributed by atoms with E-state index in [1.807, 2.05) is 12.1 Å². The van der Waals surface area contributed by atoms with E-state index in [1.54, 1.807) is 19.4 Å². The van der Waals surface area contributed by atoms with Gasteiger partial charge < -0.3 is 10.1 Å². The quantitative estimate of drug-likeness (QED) is 0.759. The monoisotopic (exact) mass is 403 g/mol. The van der Waals surface area contributed by atoms with Crippen LogP contribution < -0.4 is 10.1 Å². The predicted octanol–water partition coefficient (Wildman–Crippen LogP) is 4.23. The molecule has 2 rings (SSSR count). The van der Waals surface area contributed by atoms with E-state index in [9.17, 15) is 0 Å². The Morgan fingerprint density at radius 1 is 1.40 bits per heavy atom. The fourth-order valence-electron chi connectivity index (χ4n) is 1.75. The normalized spacial score (nSPS) is 10.4. The topological polar surface area (TPSA) is 47.0 Å². The van der Waals surface area contributed by atoms with Crippen molar-refractivity contribution >= 4 is 40.0 Å². The second kappa shape index (κ2) is 7.08. The maximum absolute atomic E-state index is 6.26. The van der Waals surface area contributed by atoms with E-state index in [2.05, 4.69) is 44.8 Å². The van der Waals surface area contributed by atoms with Gasteiger partial charge in [0, 0.05) is 12.7 Å². The number of hydrogen-bond donors (Lipinski definition) is 1. The Labute approximate surface area is 137 Å². The predicted molar refractivity (Wildman–Crippen MR) is 90.5 cm³/mol.